The van der Waals surface area contributed by atoms with E-state index in [0.717, 1.165) is 0 Å². The van der Waals surface area contributed by atoms with E-state index in [9.17, 15) is 8.78 Å². The molecule has 2 aromatic carbocycles. The van der Waals surface area contributed by atoms with Gasteiger partial charge in [-0.1, -0.05) is 12.1 Å². The molecule has 0 fully saturated rings. The Morgan fingerprint density at radius 2 is 1.69 bits per heavy atom. The Morgan fingerprint density at radius 3 is 2.38 bits per heavy atom. The summed E-state index contributed by atoms with van der Waals surface area (Å²) in [5, 5.41) is 0. The topological polar surface area (TPSA) is 9.23 Å². The predicted molar refractivity (Wildman–Crippen MR) is 58.3 cm³/mol. The Labute approximate surface area is 92.3 Å². The summed E-state index contributed by atoms with van der Waals surface area (Å²) in [5.74, 6) is -0.313. The second-order valence-corrected chi connectivity index (χ2v) is 3.35. The lowest BCUT2D eigenvalue weighted by molar-refractivity contribution is 0.413. The van der Waals surface area contributed by atoms with Gasteiger partial charge < -0.3 is 4.74 Å². The van der Waals surface area contributed by atoms with Crippen LogP contribution in [0, 0.1) is 11.6 Å². The lowest BCUT2D eigenvalue weighted by Gasteiger charge is -2.08. The standard InChI is InChI=1S/C13H10F2O/c1-16-13-8-11(15)5-6-12(13)9-3-2-4-10(14)7-9/h2-8H,1H3. The van der Waals surface area contributed by atoms with E-state index in [0.29, 0.717) is 16.9 Å². The van der Waals surface area contributed by atoms with Crippen molar-refractivity contribution >= 4 is 0 Å². The van der Waals surface area contributed by atoms with Crippen LogP contribution in [-0.2, 0) is 0 Å². The minimum Gasteiger partial charge on any atom is -0.496 e. The molecule has 0 amide bonds. The molecule has 0 saturated carbocycles. The number of hydrogen-bond acceptors (Lipinski definition) is 1. The average Bonchev–Trinajstić information content (AvgIpc) is 2.28. The normalized spacial score (nSPS) is 10.2. The Morgan fingerprint density at radius 1 is 0.938 bits per heavy atom. The minimum atomic E-state index is -0.378. The van der Waals surface area contributed by atoms with E-state index in [2.05, 4.69) is 0 Å². The number of rotatable bonds is 2. The van der Waals surface area contributed by atoms with Crippen molar-refractivity contribution in [1.82, 2.24) is 0 Å². The van der Waals surface area contributed by atoms with Gasteiger partial charge in [-0.05, 0) is 29.8 Å². The van der Waals surface area contributed by atoms with Gasteiger partial charge in [0, 0.05) is 11.6 Å². The number of benzene rings is 2. The fourth-order valence-electron chi connectivity index (χ4n) is 1.56. The van der Waals surface area contributed by atoms with E-state index < -0.39 is 0 Å². The smallest absolute Gasteiger partial charge is 0.129 e. The third-order valence-corrected chi connectivity index (χ3v) is 2.30. The molecule has 0 unspecified atom stereocenters. The summed E-state index contributed by atoms with van der Waals surface area (Å²) in [6.45, 7) is 0. The number of methoxy groups -OCH3 is 1. The number of halogens is 2. The van der Waals surface area contributed by atoms with Crippen molar-refractivity contribution in [3.63, 3.8) is 0 Å². The van der Waals surface area contributed by atoms with Crippen LogP contribution in [0.2, 0.25) is 0 Å². The van der Waals surface area contributed by atoms with Gasteiger partial charge in [-0.2, -0.15) is 0 Å². The molecule has 0 radical (unpaired) electrons. The molecule has 0 heterocycles. The van der Waals surface area contributed by atoms with Crippen molar-refractivity contribution < 1.29 is 13.5 Å². The maximum atomic E-state index is 13.1. The van der Waals surface area contributed by atoms with Gasteiger partial charge in [0.05, 0.1) is 7.11 Å². The maximum absolute atomic E-state index is 13.1. The molecule has 0 aliphatic heterocycles. The van der Waals surface area contributed by atoms with Gasteiger partial charge in [-0.25, -0.2) is 8.78 Å². The zero-order chi connectivity index (χ0) is 11.5. The van der Waals surface area contributed by atoms with Crippen molar-refractivity contribution in [3.8, 4) is 16.9 Å². The first kappa shape index (κ1) is 10.6. The third kappa shape index (κ3) is 2.03. The summed E-state index contributed by atoms with van der Waals surface area (Å²) in [6.07, 6.45) is 0. The maximum Gasteiger partial charge on any atom is 0.129 e. The first-order chi connectivity index (χ1) is 7.70. The van der Waals surface area contributed by atoms with Crippen LogP contribution in [0.4, 0.5) is 8.78 Å². The molecule has 2 aromatic rings. The van der Waals surface area contributed by atoms with Crippen LogP contribution >= 0.6 is 0 Å². The summed E-state index contributed by atoms with van der Waals surface area (Å²) < 4.78 is 31.1. The summed E-state index contributed by atoms with van der Waals surface area (Å²) in [5.41, 5.74) is 1.33. The molecule has 0 bridgehead atoms. The largest absolute Gasteiger partial charge is 0.496 e. The van der Waals surface area contributed by atoms with Crippen molar-refractivity contribution in [2.45, 2.75) is 0 Å². The Balaban J connectivity index is 2.55. The molecular weight excluding hydrogens is 210 g/mol. The van der Waals surface area contributed by atoms with E-state index in [1.807, 2.05) is 0 Å². The Kier molecular flexibility index (Phi) is 2.86. The van der Waals surface area contributed by atoms with E-state index in [1.165, 1.54) is 31.4 Å². The van der Waals surface area contributed by atoms with Gasteiger partial charge in [0.15, 0.2) is 0 Å². The van der Waals surface area contributed by atoms with Gasteiger partial charge in [0.25, 0.3) is 0 Å². The van der Waals surface area contributed by atoms with Crippen LogP contribution in [0.15, 0.2) is 42.5 Å². The van der Waals surface area contributed by atoms with E-state index in [1.54, 1.807) is 18.2 Å². The molecule has 0 saturated heterocycles. The van der Waals surface area contributed by atoms with Gasteiger partial charge in [0.1, 0.15) is 17.4 Å². The molecule has 16 heavy (non-hydrogen) atoms. The molecule has 0 aromatic heterocycles. The lowest BCUT2D eigenvalue weighted by Crippen LogP contribution is -1.89. The first-order valence-corrected chi connectivity index (χ1v) is 4.80. The van der Waals surface area contributed by atoms with E-state index in [-0.39, 0.29) is 11.6 Å². The first-order valence-electron chi connectivity index (χ1n) is 4.80. The van der Waals surface area contributed by atoms with Crippen LogP contribution in [0.3, 0.4) is 0 Å². The van der Waals surface area contributed by atoms with Crippen LogP contribution in [-0.4, -0.2) is 7.11 Å². The van der Waals surface area contributed by atoms with Crippen molar-refractivity contribution in [2.75, 3.05) is 7.11 Å². The second kappa shape index (κ2) is 4.31. The van der Waals surface area contributed by atoms with Crippen molar-refractivity contribution in [3.05, 3.63) is 54.1 Å². The summed E-state index contributed by atoms with van der Waals surface area (Å²) in [4.78, 5) is 0. The second-order valence-electron chi connectivity index (χ2n) is 3.35. The third-order valence-electron chi connectivity index (χ3n) is 2.30. The van der Waals surface area contributed by atoms with E-state index in [4.69, 9.17) is 4.74 Å². The van der Waals surface area contributed by atoms with Gasteiger partial charge in [0.2, 0.25) is 0 Å². The highest BCUT2D eigenvalue weighted by Gasteiger charge is 2.07. The van der Waals surface area contributed by atoms with Crippen LogP contribution < -0.4 is 4.74 Å². The Hall–Kier alpha value is -1.90. The summed E-state index contributed by atoms with van der Waals surface area (Å²) in [7, 11) is 1.46. The summed E-state index contributed by atoms with van der Waals surface area (Å²) in [6, 6.07) is 10.3. The monoisotopic (exact) mass is 220 g/mol. The SMILES string of the molecule is COc1cc(F)ccc1-c1cccc(F)c1. The molecule has 0 aliphatic carbocycles. The molecule has 2 rings (SSSR count). The van der Waals surface area contributed by atoms with Gasteiger partial charge >= 0.3 is 0 Å². The zero-order valence-electron chi connectivity index (χ0n) is 8.71. The molecular formula is C13H10F2O. The molecule has 3 heteroatoms. The van der Waals surface area contributed by atoms with Crippen molar-refractivity contribution in [2.24, 2.45) is 0 Å². The molecule has 0 aliphatic rings. The quantitative estimate of drug-likeness (QED) is 0.750. The van der Waals surface area contributed by atoms with Crippen LogP contribution in [0.5, 0.6) is 5.75 Å². The lowest BCUT2D eigenvalue weighted by atomic mass is 10.0. The highest BCUT2D eigenvalue weighted by molar-refractivity contribution is 5.70. The number of hydrogen-bond donors (Lipinski definition) is 0. The molecule has 1 nitrogen and oxygen atoms in total. The Bertz CT molecular complexity index is 509. The highest BCUT2D eigenvalue weighted by Crippen LogP contribution is 2.30. The average molecular weight is 220 g/mol. The van der Waals surface area contributed by atoms with Gasteiger partial charge in [-0.3, -0.25) is 0 Å². The molecule has 0 atom stereocenters. The zero-order valence-corrected chi connectivity index (χ0v) is 8.71. The molecule has 0 N–H and O–H groups in total. The van der Waals surface area contributed by atoms with E-state index >= 15 is 0 Å². The van der Waals surface area contributed by atoms with Gasteiger partial charge in [-0.15, -0.1) is 0 Å². The fourth-order valence-corrected chi connectivity index (χ4v) is 1.56. The molecule has 82 valence electrons. The van der Waals surface area contributed by atoms with Crippen molar-refractivity contribution in [1.29, 1.82) is 0 Å². The number of ether oxygens (including phenoxy) is 1. The highest BCUT2D eigenvalue weighted by atomic mass is 19.1. The summed E-state index contributed by atoms with van der Waals surface area (Å²) >= 11 is 0. The molecule has 0 spiro atoms. The van der Waals surface area contributed by atoms with Crippen LogP contribution in [0.25, 0.3) is 11.1 Å². The minimum absolute atomic E-state index is 0.330. The predicted octanol–water partition coefficient (Wildman–Crippen LogP) is 3.64. The van der Waals surface area contributed by atoms with Crippen LogP contribution in [0.1, 0.15) is 0 Å². The fraction of sp³-hybridized carbons (Fsp3) is 0.0769.